The lowest BCUT2D eigenvalue weighted by atomic mass is 10.1. The van der Waals surface area contributed by atoms with Gasteiger partial charge < -0.3 is 4.84 Å². The molecule has 0 aliphatic carbocycles. The molecule has 2 aromatic carbocycles. The Bertz CT molecular complexity index is 1080. The maximum Gasteiger partial charge on any atom is 0.363 e. The molecule has 2 amide bonds. The Morgan fingerprint density at radius 2 is 1.75 bits per heavy atom. The van der Waals surface area contributed by atoms with Crippen LogP contribution in [-0.4, -0.2) is 37.8 Å². The number of halogens is 1. The first-order valence-corrected chi connectivity index (χ1v) is 9.35. The Hall–Kier alpha value is -3.37. The second kappa shape index (κ2) is 7.33. The first kappa shape index (κ1) is 19.4. The lowest BCUT2D eigenvalue weighted by molar-refractivity contribution is -0.0584. The molecule has 0 radical (unpaired) electrons. The quantitative estimate of drug-likeness (QED) is 0.579. The third-order valence-corrected chi connectivity index (χ3v) is 5.24. The van der Waals surface area contributed by atoms with E-state index in [0.29, 0.717) is 0 Å². The number of hydrogen-bond donors (Lipinski definition) is 1. The van der Waals surface area contributed by atoms with E-state index in [-0.39, 0.29) is 28.3 Å². The van der Waals surface area contributed by atoms with Gasteiger partial charge in [-0.3, -0.25) is 9.59 Å². The molecule has 1 N–H and O–H groups in total. The average Bonchev–Trinajstić information content (AvgIpc) is 2.92. The molecule has 10 heteroatoms. The van der Waals surface area contributed by atoms with E-state index in [1.807, 2.05) is 0 Å². The number of carbonyl (C=O) groups is 3. The van der Waals surface area contributed by atoms with Crippen LogP contribution in [0.3, 0.4) is 0 Å². The standard InChI is InChI=1S/C18H13FN2O6S/c1-2-9-20-28(25,26)15-10-11(7-8-14(15)19)18(24)27-21-16(22)12-5-3-4-6-13(12)17(21)23/h2-8,10,20H,1,9H2. The number of rotatable bonds is 6. The van der Waals surface area contributed by atoms with Crippen molar-refractivity contribution in [3.8, 4) is 0 Å². The fourth-order valence-electron chi connectivity index (χ4n) is 2.47. The number of sulfonamides is 1. The highest BCUT2D eigenvalue weighted by atomic mass is 32.2. The maximum absolute atomic E-state index is 13.9. The van der Waals surface area contributed by atoms with Crippen molar-refractivity contribution >= 4 is 27.8 Å². The van der Waals surface area contributed by atoms with E-state index in [0.717, 1.165) is 18.2 Å². The molecule has 0 saturated heterocycles. The van der Waals surface area contributed by atoms with E-state index >= 15 is 0 Å². The number of amides is 2. The molecule has 0 spiro atoms. The molecule has 0 fully saturated rings. The van der Waals surface area contributed by atoms with Gasteiger partial charge in [0.15, 0.2) is 0 Å². The molecule has 1 aliphatic heterocycles. The largest absolute Gasteiger partial charge is 0.363 e. The summed E-state index contributed by atoms with van der Waals surface area (Å²) >= 11 is 0. The van der Waals surface area contributed by atoms with E-state index in [1.165, 1.54) is 18.2 Å². The Labute approximate surface area is 159 Å². The van der Waals surface area contributed by atoms with E-state index in [1.54, 1.807) is 12.1 Å². The van der Waals surface area contributed by atoms with Crippen molar-refractivity contribution in [2.45, 2.75) is 4.90 Å². The second-order valence-corrected chi connectivity index (χ2v) is 7.35. The summed E-state index contributed by atoms with van der Waals surface area (Å²) in [6.07, 6.45) is 1.26. The highest BCUT2D eigenvalue weighted by Crippen LogP contribution is 2.24. The van der Waals surface area contributed by atoms with E-state index in [2.05, 4.69) is 11.3 Å². The predicted molar refractivity (Wildman–Crippen MR) is 94.1 cm³/mol. The molecule has 28 heavy (non-hydrogen) atoms. The first-order valence-electron chi connectivity index (χ1n) is 7.86. The summed E-state index contributed by atoms with van der Waals surface area (Å²) in [4.78, 5) is 40.8. The van der Waals surface area contributed by atoms with Crippen molar-refractivity contribution < 1.29 is 32.0 Å². The zero-order valence-electron chi connectivity index (χ0n) is 14.2. The molecule has 2 aromatic rings. The van der Waals surface area contributed by atoms with Gasteiger partial charge in [0.2, 0.25) is 10.0 Å². The van der Waals surface area contributed by atoms with Gasteiger partial charge in [-0.1, -0.05) is 23.3 Å². The van der Waals surface area contributed by atoms with E-state index in [9.17, 15) is 27.2 Å². The molecular weight excluding hydrogens is 391 g/mol. The zero-order chi connectivity index (χ0) is 20.5. The average molecular weight is 404 g/mol. The lowest BCUT2D eigenvalue weighted by Gasteiger charge is -2.13. The van der Waals surface area contributed by atoms with Gasteiger partial charge in [-0.25, -0.2) is 22.3 Å². The molecule has 3 rings (SSSR count). The van der Waals surface area contributed by atoms with Crippen molar-refractivity contribution in [2.75, 3.05) is 6.54 Å². The minimum atomic E-state index is -4.25. The van der Waals surface area contributed by atoms with Crippen LogP contribution in [0.1, 0.15) is 31.1 Å². The fourth-order valence-corrected chi connectivity index (χ4v) is 3.57. The molecule has 0 atom stereocenters. The predicted octanol–water partition coefficient (Wildman–Crippen LogP) is 1.66. The molecule has 0 saturated carbocycles. The number of carbonyl (C=O) groups excluding carboxylic acids is 3. The van der Waals surface area contributed by atoms with Crippen LogP contribution in [0.25, 0.3) is 0 Å². The number of nitrogens with zero attached hydrogens (tertiary/aromatic N) is 1. The minimum Gasteiger partial charge on any atom is -0.324 e. The third kappa shape index (κ3) is 3.42. The molecule has 0 unspecified atom stereocenters. The van der Waals surface area contributed by atoms with Crippen LogP contribution in [0.2, 0.25) is 0 Å². The van der Waals surface area contributed by atoms with Crippen molar-refractivity contribution in [2.24, 2.45) is 0 Å². The second-order valence-electron chi connectivity index (χ2n) is 5.61. The number of hydroxylamine groups is 2. The highest BCUT2D eigenvalue weighted by Gasteiger charge is 2.39. The number of imide groups is 1. The van der Waals surface area contributed by atoms with Crippen molar-refractivity contribution in [3.63, 3.8) is 0 Å². The third-order valence-electron chi connectivity index (χ3n) is 3.81. The Kier molecular flexibility index (Phi) is 5.08. The number of hydrogen-bond acceptors (Lipinski definition) is 6. The molecule has 8 nitrogen and oxygen atoms in total. The maximum atomic E-state index is 13.9. The van der Waals surface area contributed by atoms with Gasteiger partial charge in [0.1, 0.15) is 10.7 Å². The monoisotopic (exact) mass is 404 g/mol. The molecule has 144 valence electrons. The topological polar surface area (TPSA) is 110 Å². The molecule has 1 aliphatic rings. The molecular formula is C18H13FN2O6S. The summed E-state index contributed by atoms with van der Waals surface area (Å²) in [6, 6.07) is 8.38. The summed E-state index contributed by atoms with van der Waals surface area (Å²) in [5.41, 5.74) is -0.232. The Balaban J connectivity index is 1.87. The van der Waals surface area contributed by atoms with Crippen LogP contribution >= 0.6 is 0 Å². The SMILES string of the molecule is C=CCNS(=O)(=O)c1cc(C(=O)ON2C(=O)c3ccccc3C2=O)ccc1F. The lowest BCUT2D eigenvalue weighted by Crippen LogP contribution is -2.32. The smallest absolute Gasteiger partial charge is 0.324 e. The number of nitrogens with one attached hydrogen (secondary N) is 1. The number of fused-ring (bicyclic) bond motifs is 1. The van der Waals surface area contributed by atoms with Crippen LogP contribution in [0.5, 0.6) is 0 Å². The Morgan fingerprint density at radius 3 is 2.32 bits per heavy atom. The minimum absolute atomic E-state index is 0.0660. The Morgan fingerprint density at radius 1 is 1.14 bits per heavy atom. The van der Waals surface area contributed by atoms with Gasteiger partial charge in [-0.15, -0.1) is 6.58 Å². The van der Waals surface area contributed by atoms with Gasteiger partial charge >= 0.3 is 5.97 Å². The van der Waals surface area contributed by atoms with Crippen molar-refractivity contribution in [1.82, 2.24) is 9.79 Å². The van der Waals surface area contributed by atoms with Gasteiger partial charge in [0.05, 0.1) is 16.7 Å². The van der Waals surface area contributed by atoms with Gasteiger partial charge in [0.25, 0.3) is 11.8 Å². The zero-order valence-corrected chi connectivity index (χ0v) is 15.0. The highest BCUT2D eigenvalue weighted by molar-refractivity contribution is 7.89. The van der Waals surface area contributed by atoms with Crippen LogP contribution in [-0.2, 0) is 14.9 Å². The molecule has 0 aromatic heterocycles. The van der Waals surface area contributed by atoms with Crippen LogP contribution < -0.4 is 4.72 Å². The van der Waals surface area contributed by atoms with Crippen molar-refractivity contribution in [3.05, 3.63) is 77.6 Å². The van der Waals surface area contributed by atoms with Gasteiger partial charge in [-0.05, 0) is 30.3 Å². The summed E-state index contributed by atoms with van der Waals surface area (Å²) in [5, 5.41) is 0.278. The normalized spacial score (nSPS) is 13.4. The van der Waals surface area contributed by atoms with E-state index in [4.69, 9.17) is 4.84 Å². The van der Waals surface area contributed by atoms with Crippen LogP contribution in [0.4, 0.5) is 4.39 Å². The summed E-state index contributed by atoms with van der Waals surface area (Å²) < 4.78 is 40.3. The summed E-state index contributed by atoms with van der Waals surface area (Å²) in [7, 11) is -4.25. The van der Waals surface area contributed by atoms with Crippen LogP contribution in [0, 0.1) is 5.82 Å². The van der Waals surface area contributed by atoms with Crippen molar-refractivity contribution in [1.29, 1.82) is 0 Å². The first-order chi connectivity index (χ1) is 13.3. The molecule has 0 bridgehead atoms. The molecule has 1 heterocycles. The van der Waals surface area contributed by atoms with Crippen LogP contribution in [0.15, 0.2) is 60.0 Å². The van der Waals surface area contributed by atoms with E-state index < -0.39 is 38.5 Å². The number of benzene rings is 2. The summed E-state index contributed by atoms with van der Waals surface area (Å²) in [6.45, 7) is 3.20. The fraction of sp³-hybridized carbons (Fsp3) is 0.0556. The van der Waals surface area contributed by atoms with Gasteiger partial charge in [-0.2, -0.15) is 0 Å². The van der Waals surface area contributed by atoms with Gasteiger partial charge in [0, 0.05) is 6.54 Å². The summed E-state index contributed by atoms with van der Waals surface area (Å²) in [5.74, 6) is -3.96.